The molecular formula is C13H20N2O. The Labute approximate surface area is 97.4 Å². The third-order valence-corrected chi connectivity index (χ3v) is 2.54. The van der Waals surface area contributed by atoms with Crippen molar-refractivity contribution in [2.45, 2.75) is 25.9 Å². The molecule has 0 radical (unpaired) electrons. The van der Waals surface area contributed by atoms with E-state index in [1.807, 2.05) is 25.3 Å². The molecule has 88 valence electrons. The standard InChI is InChI=1S/C13H20N2O/c1-4-5-6-9-15(3)13-10-12(11(2)16)7-8-14-13/h4,7-8,10-11,16H,1,5-6,9H2,2-3H3/t11-/m1/s1. The number of unbranched alkanes of at least 4 members (excludes halogenated alkanes) is 1. The van der Waals surface area contributed by atoms with Crippen LogP contribution in [0.2, 0.25) is 0 Å². The van der Waals surface area contributed by atoms with E-state index in [2.05, 4.69) is 16.5 Å². The van der Waals surface area contributed by atoms with Crippen LogP contribution in [0.4, 0.5) is 5.82 Å². The van der Waals surface area contributed by atoms with Crippen molar-refractivity contribution in [2.24, 2.45) is 0 Å². The first-order chi connectivity index (χ1) is 7.65. The van der Waals surface area contributed by atoms with Crippen molar-refractivity contribution in [3.63, 3.8) is 0 Å². The number of anilines is 1. The minimum absolute atomic E-state index is 0.441. The number of hydrogen-bond donors (Lipinski definition) is 1. The van der Waals surface area contributed by atoms with Gasteiger partial charge in [0.1, 0.15) is 5.82 Å². The molecule has 3 heteroatoms. The molecule has 0 aromatic carbocycles. The molecule has 1 N–H and O–H groups in total. The van der Waals surface area contributed by atoms with Crippen LogP contribution in [-0.4, -0.2) is 23.7 Å². The van der Waals surface area contributed by atoms with Gasteiger partial charge in [-0.05, 0) is 37.5 Å². The third-order valence-electron chi connectivity index (χ3n) is 2.54. The highest BCUT2D eigenvalue weighted by molar-refractivity contribution is 5.40. The van der Waals surface area contributed by atoms with Crippen molar-refractivity contribution in [3.8, 4) is 0 Å². The molecule has 0 saturated carbocycles. The molecule has 1 heterocycles. The lowest BCUT2D eigenvalue weighted by atomic mass is 10.1. The van der Waals surface area contributed by atoms with E-state index in [-0.39, 0.29) is 0 Å². The first kappa shape index (κ1) is 12.7. The summed E-state index contributed by atoms with van der Waals surface area (Å²) in [4.78, 5) is 6.38. The van der Waals surface area contributed by atoms with Gasteiger partial charge >= 0.3 is 0 Å². The maximum atomic E-state index is 9.48. The Kier molecular flexibility index (Phi) is 4.99. The minimum atomic E-state index is -0.441. The highest BCUT2D eigenvalue weighted by Gasteiger charge is 2.05. The number of hydrogen-bond acceptors (Lipinski definition) is 3. The lowest BCUT2D eigenvalue weighted by Gasteiger charge is -2.18. The van der Waals surface area contributed by atoms with Gasteiger partial charge in [-0.3, -0.25) is 0 Å². The highest BCUT2D eigenvalue weighted by Crippen LogP contribution is 2.17. The normalized spacial score (nSPS) is 12.2. The van der Waals surface area contributed by atoms with E-state index in [1.165, 1.54) is 0 Å². The lowest BCUT2D eigenvalue weighted by Crippen LogP contribution is -2.19. The zero-order chi connectivity index (χ0) is 12.0. The van der Waals surface area contributed by atoms with E-state index in [0.29, 0.717) is 0 Å². The molecular weight excluding hydrogens is 200 g/mol. The van der Waals surface area contributed by atoms with Gasteiger partial charge in [0, 0.05) is 19.8 Å². The van der Waals surface area contributed by atoms with E-state index in [4.69, 9.17) is 0 Å². The summed E-state index contributed by atoms with van der Waals surface area (Å²) in [5.74, 6) is 0.905. The second kappa shape index (κ2) is 6.28. The van der Waals surface area contributed by atoms with Crippen LogP contribution in [0.3, 0.4) is 0 Å². The number of pyridine rings is 1. The molecule has 0 aliphatic rings. The summed E-state index contributed by atoms with van der Waals surface area (Å²) in [6, 6.07) is 3.77. The van der Waals surface area contributed by atoms with Gasteiger partial charge in [0.15, 0.2) is 0 Å². The summed E-state index contributed by atoms with van der Waals surface area (Å²) in [5, 5.41) is 9.48. The van der Waals surface area contributed by atoms with Crippen LogP contribution in [0, 0.1) is 0 Å². The number of aliphatic hydroxyl groups is 1. The van der Waals surface area contributed by atoms with Crippen molar-refractivity contribution in [1.29, 1.82) is 0 Å². The van der Waals surface area contributed by atoms with Gasteiger partial charge in [0.2, 0.25) is 0 Å². The first-order valence-electron chi connectivity index (χ1n) is 5.61. The number of nitrogens with zero attached hydrogens (tertiary/aromatic N) is 2. The van der Waals surface area contributed by atoms with E-state index in [1.54, 1.807) is 13.1 Å². The van der Waals surface area contributed by atoms with Gasteiger partial charge in [-0.2, -0.15) is 0 Å². The molecule has 1 aromatic heterocycles. The number of allylic oxidation sites excluding steroid dienone is 1. The average molecular weight is 220 g/mol. The van der Waals surface area contributed by atoms with Crippen molar-refractivity contribution < 1.29 is 5.11 Å². The maximum absolute atomic E-state index is 9.48. The zero-order valence-electron chi connectivity index (χ0n) is 10.1. The van der Waals surface area contributed by atoms with Crippen molar-refractivity contribution in [3.05, 3.63) is 36.5 Å². The molecule has 1 rings (SSSR count). The molecule has 1 atom stereocenters. The van der Waals surface area contributed by atoms with E-state index in [9.17, 15) is 5.11 Å². The maximum Gasteiger partial charge on any atom is 0.128 e. The van der Waals surface area contributed by atoms with Gasteiger partial charge in [-0.15, -0.1) is 6.58 Å². The molecule has 0 spiro atoms. The predicted octanol–water partition coefficient (Wildman–Crippen LogP) is 2.54. The number of aliphatic hydroxyl groups excluding tert-OH is 1. The molecule has 16 heavy (non-hydrogen) atoms. The van der Waals surface area contributed by atoms with E-state index in [0.717, 1.165) is 30.8 Å². The largest absolute Gasteiger partial charge is 0.389 e. The third kappa shape index (κ3) is 3.66. The van der Waals surface area contributed by atoms with Crippen LogP contribution in [0.5, 0.6) is 0 Å². The second-order valence-electron chi connectivity index (χ2n) is 3.98. The lowest BCUT2D eigenvalue weighted by molar-refractivity contribution is 0.199. The van der Waals surface area contributed by atoms with Crippen LogP contribution in [-0.2, 0) is 0 Å². The predicted molar refractivity (Wildman–Crippen MR) is 67.6 cm³/mol. The van der Waals surface area contributed by atoms with Crippen LogP contribution in [0.1, 0.15) is 31.4 Å². The Hall–Kier alpha value is -1.35. The SMILES string of the molecule is C=CCCCN(C)c1cc([C@@H](C)O)ccn1. The molecule has 0 saturated heterocycles. The van der Waals surface area contributed by atoms with Crippen LogP contribution in [0.25, 0.3) is 0 Å². The molecule has 1 aromatic rings. The number of aromatic nitrogens is 1. The second-order valence-corrected chi connectivity index (χ2v) is 3.98. The van der Waals surface area contributed by atoms with Crippen molar-refractivity contribution >= 4 is 5.82 Å². The molecule has 0 aliphatic carbocycles. The number of rotatable bonds is 6. The fourth-order valence-electron chi connectivity index (χ4n) is 1.49. The van der Waals surface area contributed by atoms with Crippen LogP contribution in [0.15, 0.2) is 31.0 Å². The summed E-state index contributed by atoms with van der Waals surface area (Å²) in [6.07, 6.45) is 5.30. The Balaban J connectivity index is 2.64. The average Bonchev–Trinajstić information content (AvgIpc) is 2.29. The molecule has 0 amide bonds. The first-order valence-corrected chi connectivity index (χ1v) is 5.61. The fraction of sp³-hybridized carbons (Fsp3) is 0.462. The summed E-state index contributed by atoms with van der Waals surface area (Å²) in [5.41, 5.74) is 0.903. The van der Waals surface area contributed by atoms with Gasteiger partial charge in [0.05, 0.1) is 6.10 Å². The van der Waals surface area contributed by atoms with Gasteiger partial charge in [0.25, 0.3) is 0 Å². The molecule has 0 bridgehead atoms. The quantitative estimate of drug-likeness (QED) is 0.591. The topological polar surface area (TPSA) is 36.4 Å². The van der Waals surface area contributed by atoms with Crippen LogP contribution >= 0.6 is 0 Å². The van der Waals surface area contributed by atoms with Gasteiger partial charge < -0.3 is 10.0 Å². The van der Waals surface area contributed by atoms with Crippen molar-refractivity contribution in [2.75, 3.05) is 18.5 Å². The summed E-state index contributed by atoms with van der Waals surface area (Å²) in [6.45, 7) is 6.41. The Morgan fingerprint density at radius 3 is 3.00 bits per heavy atom. The van der Waals surface area contributed by atoms with Crippen LogP contribution < -0.4 is 4.90 Å². The molecule has 0 unspecified atom stereocenters. The molecule has 0 aliphatic heterocycles. The fourth-order valence-corrected chi connectivity index (χ4v) is 1.49. The molecule has 0 fully saturated rings. The monoisotopic (exact) mass is 220 g/mol. The summed E-state index contributed by atoms with van der Waals surface area (Å²) in [7, 11) is 2.01. The molecule has 3 nitrogen and oxygen atoms in total. The Morgan fingerprint density at radius 2 is 2.38 bits per heavy atom. The van der Waals surface area contributed by atoms with Gasteiger partial charge in [-0.1, -0.05) is 6.08 Å². The zero-order valence-corrected chi connectivity index (χ0v) is 10.1. The highest BCUT2D eigenvalue weighted by atomic mass is 16.3. The van der Waals surface area contributed by atoms with Crippen molar-refractivity contribution in [1.82, 2.24) is 4.98 Å². The smallest absolute Gasteiger partial charge is 0.128 e. The summed E-state index contributed by atoms with van der Waals surface area (Å²) >= 11 is 0. The van der Waals surface area contributed by atoms with E-state index < -0.39 is 6.10 Å². The van der Waals surface area contributed by atoms with E-state index >= 15 is 0 Å². The van der Waals surface area contributed by atoms with Gasteiger partial charge in [-0.25, -0.2) is 4.98 Å². The Morgan fingerprint density at radius 1 is 1.62 bits per heavy atom. The minimum Gasteiger partial charge on any atom is -0.389 e. The Bertz CT molecular complexity index is 336. The summed E-state index contributed by atoms with van der Waals surface area (Å²) < 4.78 is 0.